The number of nitrogens with one attached hydrogen (secondary N) is 2. The minimum Gasteiger partial charge on any atom is -0.444 e. The minimum absolute atomic E-state index is 0.284. The van der Waals surface area contributed by atoms with Crippen molar-refractivity contribution in [3.05, 3.63) is 71.8 Å². The van der Waals surface area contributed by atoms with Crippen LogP contribution in [0.3, 0.4) is 0 Å². The molecule has 0 aliphatic heterocycles. The fourth-order valence-electron chi connectivity index (χ4n) is 2.47. The summed E-state index contributed by atoms with van der Waals surface area (Å²) in [5.74, 6) is -0.284. The van der Waals surface area contributed by atoms with Crippen molar-refractivity contribution in [3.63, 3.8) is 0 Å². The number of rotatable bonds is 5. The fourth-order valence-corrected chi connectivity index (χ4v) is 2.47. The average Bonchev–Trinajstić information content (AvgIpc) is 2.59. The molecule has 0 heterocycles. The van der Waals surface area contributed by atoms with Gasteiger partial charge in [-0.05, 0) is 38.8 Å². The van der Waals surface area contributed by atoms with E-state index in [-0.39, 0.29) is 11.9 Å². The molecular weight excluding hydrogens is 328 g/mol. The highest BCUT2D eigenvalue weighted by Gasteiger charge is 2.24. The zero-order valence-electron chi connectivity index (χ0n) is 15.7. The molecule has 26 heavy (non-hydrogen) atoms. The number of carbonyl (C=O) groups is 2. The second kappa shape index (κ2) is 8.52. The van der Waals surface area contributed by atoms with Crippen LogP contribution >= 0.6 is 0 Å². The zero-order valence-corrected chi connectivity index (χ0v) is 15.7. The van der Waals surface area contributed by atoms with E-state index in [9.17, 15) is 9.59 Å². The molecule has 2 aromatic rings. The lowest BCUT2D eigenvalue weighted by atomic mass is 9.98. The van der Waals surface area contributed by atoms with Gasteiger partial charge in [0.25, 0.3) is 0 Å². The molecule has 0 bridgehead atoms. The van der Waals surface area contributed by atoms with Crippen molar-refractivity contribution in [2.75, 3.05) is 0 Å². The zero-order chi connectivity index (χ0) is 19.2. The molecule has 2 N–H and O–H groups in total. The van der Waals surface area contributed by atoms with Gasteiger partial charge in [-0.25, -0.2) is 4.79 Å². The number of amides is 2. The van der Waals surface area contributed by atoms with Gasteiger partial charge in [-0.3, -0.25) is 4.79 Å². The summed E-state index contributed by atoms with van der Waals surface area (Å²) >= 11 is 0. The Morgan fingerprint density at radius 2 is 1.31 bits per heavy atom. The van der Waals surface area contributed by atoms with Crippen LogP contribution in [0.25, 0.3) is 0 Å². The van der Waals surface area contributed by atoms with E-state index in [2.05, 4.69) is 10.6 Å². The maximum Gasteiger partial charge on any atom is 0.408 e. The maximum absolute atomic E-state index is 12.6. The van der Waals surface area contributed by atoms with Crippen LogP contribution < -0.4 is 10.6 Å². The van der Waals surface area contributed by atoms with E-state index < -0.39 is 17.7 Å². The van der Waals surface area contributed by atoms with Crippen molar-refractivity contribution < 1.29 is 14.3 Å². The number of hydrogen-bond donors (Lipinski definition) is 2. The lowest BCUT2D eigenvalue weighted by Gasteiger charge is -2.24. The van der Waals surface area contributed by atoms with E-state index >= 15 is 0 Å². The number of carbonyl (C=O) groups excluding carboxylic acids is 2. The molecule has 0 aliphatic carbocycles. The molecule has 0 fully saturated rings. The number of hydrogen-bond acceptors (Lipinski definition) is 3. The lowest BCUT2D eigenvalue weighted by molar-refractivity contribution is -0.123. The van der Waals surface area contributed by atoms with E-state index in [0.717, 1.165) is 11.1 Å². The summed E-state index contributed by atoms with van der Waals surface area (Å²) in [4.78, 5) is 24.5. The van der Waals surface area contributed by atoms with E-state index in [4.69, 9.17) is 4.74 Å². The molecule has 2 aromatic carbocycles. The predicted molar refractivity (Wildman–Crippen MR) is 102 cm³/mol. The molecule has 2 amide bonds. The Labute approximate surface area is 154 Å². The van der Waals surface area contributed by atoms with E-state index in [0.29, 0.717) is 0 Å². The van der Waals surface area contributed by atoms with Crippen LogP contribution in [0.1, 0.15) is 44.9 Å². The van der Waals surface area contributed by atoms with Gasteiger partial charge < -0.3 is 15.4 Å². The van der Waals surface area contributed by atoms with Crippen molar-refractivity contribution in [2.24, 2.45) is 0 Å². The van der Waals surface area contributed by atoms with E-state index in [1.807, 2.05) is 60.7 Å². The van der Waals surface area contributed by atoms with Gasteiger partial charge in [-0.2, -0.15) is 0 Å². The van der Waals surface area contributed by atoms with E-state index in [1.54, 1.807) is 27.7 Å². The summed E-state index contributed by atoms with van der Waals surface area (Å²) in [5.41, 5.74) is 1.32. The molecule has 0 aliphatic rings. The third kappa shape index (κ3) is 5.92. The summed E-state index contributed by atoms with van der Waals surface area (Å²) in [6.07, 6.45) is -0.615. The van der Waals surface area contributed by atoms with Crippen LogP contribution in [0.15, 0.2) is 60.7 Å². The SMILES string of the molecule is CC(NC(=O)OC(C)(C)C)C(=O)NC(c1ccccc1)c1ccccc1. The number of benzene rings is 2. The predicted octanol–water partition coefficient (Wildman–Crippen LogP) is 3.81. The highest BCUT2D eigenvalue weighted by Crippen LogP contribution is 2.21. The van der Waals surface area contributed by atoms with Crippen molar-refractivity contribution in [1.29, 1.82) is 0 Å². The lowest BCUT2D eigenvalue weighted by Crippen LogP contribution is -2.47. The molecule has 5 nitrogen and oxygen atoms in total. The molecule has 1 atom stereocenters. The van der Waals surface area contributed by atoms with Gasteiger partial charge in [0.1, 0.15) is 11.6 Å². The Morgan fingerprint density at radius 3 is 1.73 bits per heavy atom. The second-order valence-corrected chi connectivity index (χ2v) is 7.13. The molecule has 0 aromatic heterocycles. The van der Waals surface area contributed by atoms with Crippen LogP contribution in [0.5, 0.6) is 0 Å². The first-order valence-electron chi connectivity index (χ1n) is 8.66. The van der Waals surface area contributed by atoms with E-state index in [1.165, 1.54) is 0 Å². The molecule has 0 saturated heterocycles. The summed E-state index contributed by atoms with van der Waals surface area (Å²) in [6, 6.07) is 18.4. The molecule has 138 valence electrons. The summed E-state index contributed by atoms with van der Waals surface area (Å²) < 4.78 is 5.20. The van der Waals surface area contributed by atoms with Gasteiger partial charge in [0.2, 0.25) is 5.91 Å². The second-order valence-electron chi connectivity index (χ2n) is 7.13. The minimum atomic E-state index is -0.722. The molecule has 0 radical (unpaired) electrons. The Bertz CT molecular complexity index is 684. The van der Waals surface area contributed by atoms with Gasteiger partial charge >= 0.3 is 6.09 Å². The normalized spacial score (nSPS) is 12.3. The summed E-state index contributed by atoms with van der Waals surface area (Å²) in [7, 11) is 0. The highest BCUT2D eigenvalue weighted by molar-refractivity contribution is 5.85. The standard InChI is InChI=1S/C21H26N2O3/c1-15(22-20(25)26-21(2,3)4)19(24)23-18(16-11-7-5-8-12-16)17-13-9-6-10-14-17/h5-15,18H,1-4H3,(H,22,25)(H,23,24). The fraction of sp³-hybridized carbons (Fsp3) is 0.333. The smallest absolute Gasteiger partial charge is 0.408 e. The molecular formula is C21H26N2O3. The Hall–Kier alpha value is -2.82. The van der Waals surface area contributed by atoms with Crippen LogP contribution in [0.4, 0.5) is 4.79 Å². The Balaban J connectivity index is 2.10. The monoisotopic (exact) mass is 354 g/mol. The first-order valence-corrected chi connectivity index (χ1v) is 8.66. The molecule has 5 heteroatoms. The van der Waals surface area contributed by atoms with Gasteiger partial charge in [-0.1, -0.05) is 60.7 Å². The van der Waals surface area contributed by atoms with Crippen LogP contribution in [0, 0.1) is 0 Å². The first-order chi connectivity index (χ1) is 12.3. The van der Waals surface area contributed by atoms with Crippen molar-refractivity contribution in [2.45, 2.75) is 45.4 Å². The van der Waals surface area contributed by atoms with Crippen molar-refractivity contribution in [1.82, 2.24) is 10.6 Å². The van der Waals surface area contributed by atoms with Gasteiger partial charge in [-0.15, -0.1) is 0 Å². The Kier molecular flexibility index (Phi) is 6.39. The van der Waals surface area contributed by atoms with Gasteiger partial charge in [0.15, 0.2) is 0 Å². The van der Waals surface area contributed by atoms with Gasteiger partial charge in [0.05, 0.1) is 6.04 Å². The average molecular weight is 354 g/mol. The van der Waals surface area contributed by atoms with Gasteiger partial charge in [0, 0.05) is 0 Å². The quantitative estimate of drug-likeness (QED) is 0.858. The summed E-state index contributed by atoms with van der Waals surface area (Å²) in [5, 5.41) is 5.58. The topological polar surface area (TPSA) is 67.4 Å². The molecule has 1 unspecified atom stereocenters. The molecule has 0 spiro atoms. The molecule has 2 rings (SSSR count). The van der Waals surface area contributed by atoms with Crippen LogP contribution in [-0.4, -0.2) is 23.6 Å². The molecule has 0 saturated carbocycles. The van der Waals surface area contributed by atoms with Crippen LogP contribution in [0.2, 0.25) is 0 Å². The number of alkyl carbamates (subject to hydrolysis) is 1. The Morgan fingerprint density at radius 1 is 0.846 bits per heavy atom. The van der Waals surface area contributed by atoms with Crippen molar-refractivity contribution in [3.8, 4) is 0 Å². The van der Waals surface area contributed by atoms with Crippen molar-refractivity contribution >= 4 is 12.0 Å². The third-order valence-electron chi connectivity index (χ3n) is 3.68. The first kappa shape index (κ1) is 19.5. The third-order valence-corrected chi connectivity index (χ3v) is 3.68. The summed E-state index contributed by atoms with van der Waals surface area (Å²) in [6.45, 7) is 6.96. The van der Waals surface area contributed by atoms with Crippen LogP contribution in [-0.2, 0) is 9.53 Å². The largest absolute Gasteiger partial charge is 0.444 e. The number of ether oxygens (including phenoxy) is 1. The highest BCUT2D eigenvalue weighted by atomic mass is 16.6. The maximum atomic E-state index is 12.6.